The van der Waals surface area contributed by atoms with Crippen molar-refractivity contribution in [1.82, 2.24) is 5.32 Å². The smallest absolute Gasteiger partial charge is 0.170 e. The summed E-state index contributed by atoms with van der Waals surface area (Å²) in [4.78, 5) is 0. The van der Waals surface area contributed by atoms with Crippen molar-refractivity contribution < 1.29 is 13.2 Å². The van der Waals surface area contributed by atoms with Gasteiger partial charge in [0, 0.05) is 5.54 Å². The molecule has 1 aromatic carbocycles. The van der Waals surface area contributed by atoms with Crippen molar-refractivity contribution in [2.75, 3.05) is 0 Å². The minimum absolute atomic E-state index is 0.257. The molecule has 0 aromatic heterocycles. The van der Waals surface area contributed by atoms with Crippen molar-refractivity contribution in [2.24, 2.45) is 0 Å². The first-order chi connectivity index (χ1) is 8.34. The van der Waals surface area contributed by atoms with Crippen molar-refractivity contribution >= 4 is 11.1 Å². The van der Waals surface area contributed by atoms with Gasteiger partial charge in [-0.05, 0) is 44.4 Å². The summed E-state index contributed by atoms with van der Waals surface area (Å²) >= 11 is -1.88. The van der Waals surface area contributed by atoms with E-state index in [0.717, 1.165) is 5.56 Å². The Morgan fingerprint density at radius 3 is 2.39 bits per heavy atom. The lowest BCUT2D eigenvalue weighted by Gasteiger charge is -2.30. The summed E-state index contributed by atoms with van der Waals surface area (Å²) in [5.74, 6) is -0.257. The van der Waals surface area contributed by atoms with Crippen LogP contribution in [0.25, 0.3) is 0 Å². The van der Waals surface area contributed by atoms with E-state index in [9.17, 15) is 8.60 Å². The van der Waals surface area contributed by atoms with Crippen LogP contribution in [0.3, 0.4) is 0 Å². The first kappa shape index (κ1) is 15.3. The van der Waals surface area contributed by atoms with E-state index in [-0.39, 0.29) is 11.4 Å². The molecule has 0 spiro atoms. The van der Waals surface area contributed by atoms with Crippen LogP contribution in [-0.2, 0) is 17.5 Å². The normalized spacial score (nSPS) is 15.4. The second-order valence-corrected chi connectivity index (χ2v) is 6.13. The number of rotatable bonds is 6. The Labute approximate surface area is 110 Å². The van der Waals surface area contributed by atoms with Crippen molar-refractivity contribution in [1.29, 1.82) is 0 Å². The average molecular weight is 273 g/mol. The maximum Gasteiger partial charge on any atom is 0.170 e. The standard InChI is InChI=1S/C13H20FNO2S/c1-4-12(18(16)17)15-13(2,3)9-10-5-7-11(14)8-6-10/h5-8,12,15H,4,9H2,1-3H3,(H,16,17). The molecular formula is C13H20FNO2S. The second-order valence-electron chi connectivity index (χ2n) is 5.00. The molecule has 5 heteroatoms. The first-order valence-electron chi connectivity index (χ1n) is 5.96. The third-order valence-electron chi connectivity index (χ3n) is 2.73. The van der Waals surface area contributed by atoms with E-state index in [1.54, 1.807) is 12.1 Å². The maximum absolute atomic E-state index is 12.8. The SMILES string of the molecule is CCC(NC(C)(C)Cc1ccc(F)cc1)S(=O)O. The summed E-state index contributed by atoms with van der Waals surface area (Å²) in [5.41, 5.74) is 0.671. The Balaban J connectivity index is 2.69. The molecule has 0 aliphatic rings. The van der Waals surface area contributed by atoms with Crippen molar-refractivity contribution in [3.8, 4) is 0 Å². The number of halogens is 1. The molecule has 2 unspecified atom stereocenters. The number of hydrogen-bond acceptors (Lipinski definition) is 2. The van der Waals surface area contributed by atoms with Crippen molar-refractivity contribution in [3.63, 3.8) is 0 Å². The fraction of sp³-hybridized carbons (Fsp3) is 0.538. The molecule has 0 saturated heterocycles. The fourth-order valence-electron chi connectivity index (χ4n) is 1.89. The topological polar surface area (TPSA) is 49.3 Å². The second kappa shape index (κ2) is 6.41. The molecule has 3 nitrogen and oxygen atoms in total. The summed E-state index contributed by atoms with van der Waals surface area (Å²) in [5, 5.41) is 2.72. The summed E-state index contributed by atoms with van der Waals surface area (Å²) < 4.78 is 33.0. The van der Waals surface area contributed by atoms with E-state index in [2.05, 4.69) is 5.32 Å². The lowest BCUT2D eigenvalue weighted by atomic mass is 9.95. The molecule has 1 aromatic rings. The van der Waals surface area contributed by atoms with Gasteiger partial charge in [-0.3, -0.25) is 5.32 Å². The molecule has 2 N–H and O–H groups in total. The molecular weight excluding hydrogens is 253 g/mol. The monoisotopic (exact) mass is 273 g/mol. The highest BCUT2D eigenvalue weighted by atomic mass is 32.2. The molecule has 0 aliphatic carbocycles. The van der Waals surface area contributed by atoms with Gasteiger partial charge < -0.3 is 4.55 Å². The van der Waals surface area contributed by atoms with Gasteiger partial charge in [0.15, 0.2) is 11.1 Å². The summed E-state index contributed by atoms with van der Waals surface area (Å²) in [6, 6.07) is 6.31. The molecule has 2 atom stereocenters. The minimum Gasteiger partial charge on any atom is -0.305 e. The quantitative estimate of drug-likeness (QED) is 0.783. The molecule has 0 fully saturated rings. The maximum atomic E-state index is 12.8. The Bertz CT molecular complexity index is 406. The van der Waals surface area contributed by atoms with Crippen LogP contribution in [0.4, 0.5) is 4.39 Å². The molecule has 0 amide bonds. The van der Waals surface area contributed by atoms with E-state index >= 15 is 0 Å². The Morgan fingerprint density at radius 1 is 1.39 bits per heavy atom. The third kappa shape index (κ3) is 4.84. The van der Waals surface area contributed by atoms with E-state index in [4.69, 9.17) is 4.55 Å². The minimum atomic E-state index is -1.88. The summed E-state index contributed by atoms with van der Waals surface area (Å²) in [6.07, 6.45) is 1.25. The van der Waals surface area contributed by atoms with Crippen LogP contribution >= 0.6 is 0 Å². The van der Waals surface area contributed by atoms with Crippen LogP contribution in [0.15, 0.2) is 24.3 Å². The zero-order valence-corrected chi connectivity index (χ0v) is 11.8. The van der Waals surface area contributed by atoms with Crippen LogP contribution in [0.2, 0.25) is 0 Å². The molecule has 0 saturated carbocycles. The molecule has 0 bridgehead atoms. The average Bonchev–Trinajstić information content (AvgIpc) is 2.28. The van der Waals surface area contributed by atoms with Crippen molar-refractivity contribution in [2.45, 2.75) is 44.5 Å². The molecule has 0 aliphatic heterocycles. The van der Waals surface area contributed by atoms with Gasteiger partial charge in [0.2, 0.25) is 0 Å². The molecule has 18 heavy (non-hydrogen) atoms. The Morgan fingerprint density at radius 2 is 1.94 bits per heavy atom. The van der Waals surface area contributed by atoms with Gasteiger partial charge in [-0.1, -0.05) is 19.1 Å². The van der Waals surface area contributed by atoms with Gasteiger partial charge in [0.1, 0.15) is 11.2 Å². The predicted molar refractivity (Wildman–Crippen MR) is 72.2 cm³/mol. The molecule has 0 heterocycles. The van der Waals surface area contributed by atoms with E-state index < -0.39 is 16.5 Å². The van der Waals surface area contributed by atoms with Gasteiger partial charge >= 0.3 is 0 Å². The largest absolute Gasteiger partial charge is 0.305 e. The van der Waals surface area contributed by atoms with E-state index in [0.29, 0.717) is 12.8 Å². The number of hydrogen-bond donors (Lipinski definition) is 2. The lowest BCUT2D eigenvalue weighted by Crippen LogP contribution is -2.48. The fourth-order valence-corrected chi connectivity index (χ4v) is 2.60. The van der Waals surface area contributed by atoms with Crippen molar-refractivity contribution in [3.05, 3.63) is 35.6 Å². The molecule has 102 valence electrons. The predicted octanol–water partition coefficient (Wildman–Crippen LogP) is 2.69. The van der Waals surface area contributed by atoms with Crippen LogP contribution in [0.5, 0.6) is 0 Å². The number of benzene rings is 1. The van der Waals surface area contributed by atoms with E-state index in [1.165, 1.54) is 12.1 Å². The highest BCUT2D eigenvalue weighted by Gasteiger charge is 2.24. The van der Waals surface area contributed by atoms with Crippen LogP contribution in [-0.4, -0.2) is 19.7 Å². The molecule has 0 radical (unpaired) electrons. The highest BCUT2D eigenvalue weighted by Crippen LogP contribution is 2.15. The summed E-state index contributed by atoms with van der Waals surface area (Å²) in [7, 11) is 0. The summed E-state index contributed by atoms with van der Waals surface area (Å²) in [6.45, 7) is 5.79. The Hall–Kier alpha value is -0.780. The van der Waals surface area contributed by atoms with Gasteiger partial charge in [-0.15, -0.1) is 0 Å². The third-order valence-corrected chi connectivity index (χ3v) is 3.66. The van der Waals surface area contributed by atoms with Gasteiger partial charge in [-0.2, -0.15) is 0 Å². The zero-order valence-electron chi connectivity index (χ0n) is 10.9. The van der Waals surface area contributed by atoms with Crippen LogP contribution < -0.4 is 5.32 Å². The van der Waals surface area contributed by atoms with Gasteiger partial charge in [0.25, 0.3) is 0 Å². The van der Waals surface area contributed by atoms with Crippen LogP contribution in [0, 0.1) is 5.82 Å². The van der Waals surface area contributed by atoms with Gasteiger partial charge in [-0.25, -0.2) is 8.60 Å². The zero-order chi connectivity index (χ0) is 13.8. The van der Waals surface area contributed by atoms with Crippen LogP contribution in [0.1, 0.15) is 32.8 Å². The first-order valence-corrected chi connectivity index (χ1v) is 7.13. The van der Waals surface area contributed by atoms with E-state index in [1.807, 2.05) is 20.8 Å². The highest BCUT2D eigenvalue weighted by molar-refractivity contribution is 7.79. The van der Waals surface area contributed by atoms with Gasteiger partial charge in [0.05, 0.1) is 0 Å². The lowest BCUT2D eigenvalue weighted by molar-refractivity contribution is 0.359. The molecule has 1 rings (SSSR count). The number of nitrogens with one attached hydrogen (secondary N) is 1. The Kier molecular flexibility index (Phi) is 5.44.